The molecule has 0 saturated heterocycles. The molecule has 1 aliphatic rings. The molecule has 0 aromatic carbocycles. The van der Waals surface area contributed by atoms with E-state index in [1.54, 1.807) is 7.05 Å². The van der Waals surface area contributed by atoms with E-state index in [-0.39, 0.29) is 29.7 Å². The first-order valence-corrected chi connectivity index (χ1v) is 7.76. The van der Waals surface area contributed by atoms with Crippen molar-refractivity contribution >= 4 is 35.6 Å². The third kappa shape index (κ3) is 6.99. The first-order valence-electron chi connectivity index (χ1n) is 7.76. The minimum Gasteiger partial charge on any atom is -0.379 e. The molecule has 0 unspecified atom stereocenters. The third-order valence-corrected chi connectivity index (χ3v) is 3.65. The Bertz CT molecular complexity index is 546. The van der Waals surface area contributed by atoms with Gasteiger partial charge in [0.15, 0.2) is 5.96 Å². The first kappa shape index (κ1) is 20.6. The Balaban J connectivity index is 0.00000288. The van der Waals surface area contributed by atoms with E-state index in [4.69, 9.17) is 4.74 Å². The summed E-state index contributed by atoms with van der Waals surface area (Å²) in [7, 11) is 3.68. The van der Waals surface area contributed by atoms with Gasteiger partial charge in [-0.2, -0.15) is 5.10 Å². The van der Waals surface area contributed by atoms with Crippen LogP contribution in [0.5, 0.6) is 0 Å². The Hall–Kier alpha value is -1.43. The molecule has 2 rings (SSSR count). The molecule has 136 valence electrons. The van der Waals surface area contributed by atoms with E-state index in [0.29, 0.717) is 19.7 Å². The molecule has 0 bridgehead atoms. The van der Waals surface area contributed by atoms with Crippen LogP contribution in [-0.2, 0) is 11.3 Å². The first-order chi connectivity index (χ1) is 11.1. The lowest BCUT2D eigenvalue weighted by Gasteiger charge is -2.22. The summed E-state index contributed by atoms with van der Waals surface area (Å²) in [6, 6.07) is 0. The number of likely N-dealkylation sites (N-methyl/N-ethyl adjacent to an activating group) is 1. The smallest absolute Gasteiger partial charge is 0.306 e. The van der Waals surface area contributed by atoms with Gasteiger partial charge in [-0.05, 0) is 18.8 Å². The number of nitrogens with one attached hydrogen (secondary N) is 1. The second-order valence-electron chi connectivity index (χ2n) is 5.63. The van der Waals surface area contributed by atoms with Gasteiger partial charge >= 0.3 is 5.69 Å². The molecule has 1 fully saturated rings. The number of aromatic nitrogens is 2. The topological polar surface area (TPSA) is 97.8 Å². The summed E-state index contributed by atoms with van der Waals surface area (Å²) in [6.45, 7) is 3.41. The summed E-state index contributed by atoms with van der Waals surface area (Å²) < 4.78 is 7.16. The fourth-order valence-corrected chi connectivity index (χ4v) is 2.08. The summed E-state index contributed by atoms with van der Waals surface area (Å²) in [4.78, 5) is 16.4. The lowest BCUT2D eigenvalue weighted by atomic mass is 10.5. The second-order valence-corrected chi connectivity index (χ2v) is 5.63. The van der Waals surface area contributed by atoms with Crippen LogP contribution in [0, 0.1) is 16.0 Å². The van der Waals surface area contributed by atoms with Gasteiger partial charge in [0.25, 0.3) is 0 Å². The number of hydrogen-bond donors (Lipinski definition) is 1. The standard InChI is InChI=1S/C14H24N6O3.HI/c1-15-14(18(2)7-8-23-11-12-3-4-12)16-5-6-19-10-13(9-17-19)20(21)22;/h9-10,12H,3-8,11H2,1-2H3,(H,15,16);1H. The van der Waals surface area contributed by atoms with Crippen LogP contribution >= 0.6 is 24.0 Å². The van der Waals surface area contributed by atoms with Crippen LogP contribution in [0.2, 0.25) is 0 Å². The van der Waals surface area contributed by atoms with Crippen molar-refractivity contribution in [3.63, 3.8) is 0 Å². The molecule has 24 heavy (non-hydrogen) atoms. The summed E-state index contributed by atoms with van der Waals surface area (Å²) in [6.07, 6.45) is 5.26. The van der Waals surface area contributed by atoms with Crippen molar-refractivity contribution in [3.8, 4) is 0 Å². The summed E-state index contributed by atoms with van der Waals surface area (Å²) in [5.41, 5.74) is -0.000637. The van der Waals surface area contributed by atoms with Crippen LogP contribution in [0.3, 0.4) is 0 Å². The zero-order valence-electron chi connectivity index (χ0n) is 14.1. The van der Waals surface area contributed by atoms with Crippen molar-refractivity contribution in [2.45, 2.75) is 19.4 Å². The van der Waals surface area contributed by atoms with E-state index < -0.39 is 4.92 Å². The molecule has 0 spiro atoms. The molecule has 1 aromatic heterocycles. The molecule has 1 saturated carbocycles. The van der Waals surface area contributed by atoms with Crippen LogP contribution in [0.15, 0.2) is 17.4 Å². The monoisotopic (exact) mass is 452 g/mol. The molecule has 0 amide bonds. The molecule has 1 aromatic rings. The number of rotatable bonds is 9. The predicted octanol–water partition coefficient (Wildman–Crippen LogP) is 1.34. The van der Waals surface area contributed by atoms with Crippen molar-refractivity contribution in [1.29, 1.82) is 0 Å². The molecular weight excluding hydrogens is 427 g/mol. The van der Waals surface area contributed by atoms with Gasteiger partial charge in [0.1, 0.15) is 12.4 Å². The van der Waals surface area contributed by atoms with E-state index in [9.17, 15) is 10.1 Å². The number of nitrogens with zero attached hydrogens (tertiary/aromatic N) is 5. The zero-order valence-corrected chi connectivity index (χ0v) is 16.4. The minimum atomic E-state index is -0.453. The summed E-state index contributed by atoms with van der Waals surface area (Å²) >= 11 is 0. The fourth-order valence-electron chi connectivity index (χ4n) is 2.08. The molecule has 0 aliphatic heterocycles. The van der Waals surface area contributed by atoms with Gasteiger partial charge in [0.2, 0.25) is 0 Å². The fraction of sp³-hybridized carbons (Fsp3) is 0.714. The van der Waals surface area contributed by atoms with Gasteiger partial charge in [-0.25, -0.2) is 0 Å². The van der Waals surface area contributed by atoms with Crippen LogP contribution in [0.25, 0.3) is 0 Å². The van der Waals surface area contributed by atoms with Crippen molar-refractivity contribution in [2.75, 3.05) is 40.4 Å². The maximum atomic E-state index is 10.6. The van der Waals surface area contributed by atoms with Crippen molar-refractivity contribution in [3.05, 3.63) is 22.5 Å². The van der Waals surface area contributed by atoms with E-state index in [0.717, 1.165) is 25.0 Å². The number of halogens is 1. The normalized spacial score (nSPS) is 14.2. The average molecular weight is 452 g/mol. The lowest BCUT2D eigenvalue weighted by molar-refractivity contribution is -0.385. The Morgan fingerprint density at radius 1 is 1.62 bits per heavy atom. The average Bonchev–Trinajstić information content (AvgIpc) is 3.23. The van der Waals surface area contributed by atoms with Gasteiger partial charge in [0.05, 0.1) is 18.1 Å². The van der Waals surface area contributed by atoms with Gasteiger partial charge in [-0.3, -0.25) is 19.8 Å². The Kier molecular flexibility index (Phi) is 8.97. The SMILES string of the molecule is CN=C(NCCn1cc([N+](=O)[O-])cn1)N(C)CCOCC1CC1.I. The molecular formula is C14H25IN6O3. The van der Waals surface area contributed by atoms with E-state index >= 15 is 0 Å². The lowest BCUT2D eigenvalue weighted by Crippen LogP contribution is -2.41. The Labute approximate surface area is 158 Å². The Morgan fingerprint density at radius 3 is 2.96 bits per heavy atom. The third-order valence-electron chi connectivity index (χ3n) is 3.65. The quantitative estimate of drug-likeness (QED) is 0.152. The minimum absolute atomic E-state index is 0. The zero-order chi connectivity index (χ0) is 16.7. The van der Waals surface area contributed by atoms with Crippen LogP contribution in [0.4, 0.5) is 5.69 Å². The largest absolute Gasteiger partial charge is 0.379 e. The molecule has 0 radical (unpaired) electrons. The molecule has 1 heterocycles. The number of hydrogen-bond acceptors (Lipinski definition) is 5. The highest BCUT2D eigenvalue weighted by atomic mass is 127. The van der Waals surface area contributed by atoms with Crippen molar-refractivity contribution in [2.24, 2.45) is 10.9 Å². The second kappa shape index (κ2) is 10.4. The van der Waals surface area contributed by atoms with Gasteiger partial charge in [0, 0.05) is 33.8 Å². The summed E-state index contributed by atoms with van der Waals surface area (Å²) in [5.74, 6) is 1.54. The van der Waals surface area contributed by atoms with Crippen LogP contribution in [0.1, 0.15) is 12.8 Å². The number of aliphatic imine (C=N–C) groups is 1. The van der Waals surface area contributed by atoms with Crippen molar-refractivity contribution in [1.82, 2.24) is 20.0 Å². The van der Waals surface area contributed by atoms with Gasteiger partial charge in [-0.15, -0.1) is 24.0 Å². The molecule has 0 atom stereocenters. The highest BCUT2D eigenvalue weighted by Crippen LogP contribution is 2.28. The van der Waals surface area contributed by atoms with Crippen molar-refractivity contribution < 1.29 is 9.66 Å². The molecule has 1 N–H and O–H groups in total. The number of guanidine groups is 1. The van der Waals surface area contributed by atoms with E-state index in [1.807, 2.05) is 11.9 Å². The highest BCUT2D eigenvalue weighted by molar-refractivity contribution is 14.0. The van der Waals surface area contributed by atoms with Gasteiger partial charge < -0.3 is 15.0 Å². The van der Waals surface area contributed by atoms with Gasteiger partial charge in [-0.1, -0.05) is 0 Å². The molecule has 9 nitrogen and oxygen atoms in total. The van der Waals surface area contributed by atoms with Crippen LogP contribution in [-0.4, -0.2) is 66.0 Å². The summed E-state index contributed by atoms with van der Waals surface area (Å²) in [5, 5.41) is 17.8. The van der Waals surface area contributed by atoms with E-state index in [2.05, 4.69) is 15.4 Å². The molecule has 10 heteroatoms. The van der Waals surface area contributed by atoms with Crippen LogP contribution < -0.4 is 5.32 Å². The van der Waals surface area contributed by atoms with E-state index in [1.165, 1.54) is 29.9 Å². The number of nitro groups is 1. The highest BCUT2D eigenvalue weighted by Gasteiger charge is 2.21. The Morgan fingerprint density at radius 2 is 2.38 bits per heavy atom. The maximum Gasteiger partial charge on any atom is 0.306 e. The predicted molar refractivity (Wildman–Crippen MR) is 102 cm³/mol. The number of ether oxygens (including phenoxy) is 1. The maximum absolute atomic E-state index is 10.6. The molecule has 1 aliphatic carbocycles.